The summed E-state index contributed by atoms with van der Waals surface area (Å²) in [6.07, 6.45) is 4.41. The molecule has 1 saturated carbocycles. The van der Waals surface area contributed by atoms with Gasteiger partial charge in [0, 0.05) is 16.0 Å². The third kappa shape index (κ3) is 3.11. The van der Waals surface area contributed by atoms with Gasteiger partial charge in [-0.1, -0.05) is 47.3 Å². The van der Waals surface area contributed by atoms with Gasteiger partial charge in [0.1, 0.15) is 0 Å². The van der Waals surface area contributed by atoms with E-state index in [1.165, 1.54) is 6.42 Å². The molecule has 92 valence electrons. The second-order valence-electron chi connectivity index (χ2n) is 4.96. The second kappa shape index (κ2) is 5.53. The van der Waals surface area contributed by atoms with Crippen molar-refractivity contribution in [1.82, 2.24) is 0 Å². The van der Waals surface area contributed by atoms with Gasteiger partial charge in [-0.2, -0.15) is 0 Å². The zero-order valence-electron chi connectivity index (χ0n) is 9.88. The molecule has 1 fully saturated rings. The van der Waals surface area contributed by atoms with E-state index in [1.54, 1.807) is 6.07 Å². The highest BCUT2D eigenvalue weighted by Gasteiger charge is 2.27. The number of hydrogen-bond acceptors (Lipinski definition) is 1. The number of Topliss-reactive ketones (excluding diaryl/α,β-unsaturated/α-hetero) is 1. The molecule has 0 aromatic heterocycles. The average Bonchev–Trinajstić information content (AvgIpc) is 2.31. The van der Waals surface area contributed by atoms with Gasteiger partial charge in [-0.25, -0.2) is 0 Å². The van der Waals surface area contributed by atoms with Crippen LogP contribution < -0.4 is 0 Å². The molecule has 0 radical (unpaired) electrons. The minimum Gasteiger partial charge on any atom is -0.294 e. The van der Waals surface area contributed by atoms with Crippen LogP contribution in [0.5, 0.6) is 0 Å². The Bertz CT molecular complexity index is 430. The van der Waals surface area contributed by atoms with Crippen LogP contribution in [0.1, 0.15) is 43.0 Å². The fourth-order valence-electron chi connectivity index (χ4n) is 2.58. The molecule has 0 bridgehead atoms. The summed E-state index contributed by atoms with van der Waals surface area (Å²) >= 11 is 9.49. The van der Waals surface area contributed by atoms with Crippen LogP contribution in [-0.2, 0) is 0 Å². The molecule has 1 nitrogen and oxygen atoms in total. The van der Waals surface area contributed by atoms with Gasteiger partial charge in [0.25, 0.3) is 0 Å². The molecule has 0 aliphatic heterocycles. The first-order valence-electron chi connectivity index (χ1n) is 6.07. The molecular weight excluding hydrogens is 300 g/mol. The summed E-state index contributed by atoms with van der Waals surface area (Å²) in [5, 5.41) is 0.566. The molecular formula is C14H16BrClO. The van der Waals surface area contributed by atoms with E-state index >= 15 is 0 Å². The van der Waals surface area contributed by atoms with Crippen LogP contribution in [0, 0.1) is 11.8 Å². The molecule has 3 heteroatoms. The van der Waals surface area contributed by atoms with E-state index in [-0.39, 0.29) is 11.7 Å². The lowest BCUT2D eigenvalue weighted by Gasteiger charge is -2.25. The summed E-state index contributed by atoms with van der Waals surface area (Å²) in [6.45, 7) is 2.22. The molecule has 2 atom stereocenters. The normalized spacial score (nSPS) is 24.6. The summed E-state index contributed by atoms with van der Waals surface area (Å²) in [5.74, 6) is 1.03. The minimum absolute atomic E-state index is 0.158. The molecule has 0 heterocycles. The second-order valence-corrected chi connectivity index (χ2v) is 6.28. The Balaban J connectivity index is 2.21. The first-order valence-corrected chi connectivity index (χ1v) is 7.24. The predicted octanol–water partition coefficient (Wildman–Crippen LogP) is 5.11. The van der Waals surface area contributed by atoms with Crippen molar-refractivity contribution in [1.29, 1.82) is 0 Å². The molecule has 0 amide bonds. The molecule has 0 N–H and O–H groups in total. The fraction of sp³-hybridized carbons (Fsp3) is 0.500. The SMILES string of the molecule is CC1CCCC(C(=O)c2cc(Br)ccc2Cl)C1. The predicted molar refractivity (Wildman–Crippen MR) is 74.6 cm³/mol. The van der Waals surface area contributed by atoms with Crippen LogP contribution >= 0.6 is 27.5 Å². The fourth-order valence-corrected chi connectivity index (χ4v) is 3.15. The van der Waals surface area contributed by atoms with E-state index < -0.39 is 0 Å². The molecule has 1 aromatic carbocycles. The van der Waals surface area contributed by atoms with E-state index in [1.807, 2.05) is 12.1 Å². The highest BCUT2D eigenvalue weighted by atomic mass is 79.9. The Kier molecular flexibility index (Phi) is 4.26. The van der Waals surface area contributed by atoms with Gasteiger partial charge >= 0.3 is 0 Å². The van der Waals surface area contributed by atoms with Crippen molar-refractivity contribution in [2.75, 3.05) is 0 Å². The Labute approximate surface area is 116 Å². The number of rotatable bonds is 2. The maximum absolute atomic E-state index is 12.4. The average molecular weight is 316 g/mol. The topological polar surface area (TPSA) is 17.1 Å². The molecule has 17 heavy (non-hydrogen) atoms. The van der Waals surface area contributed by atoms with Crippen LogP contribution in [0.2, 0.25) is 5.02 Å². The van der Waals surface area contributed by atoms with Crippen molar-refractivity contribution in [2.45, 2.75) is 32.6 Å². The maximum Gasteiger partial charge on any atom is 0.167 e. The molecule has 0 saturated heterocycles. The van der Waals surface area contributed by atoms with E-state index in [9.17, 15) is 4.79 Å². The molecule has 2 rings (SSSR count). The first-order chi connectivity index (χ1) is 8.08. The summed E-state index contributed by atoms with van der Waals surface area (Å²) in [5.41, 5.74) is 0.667. The number of halogens is 2. The van der Waals surface area contributed by atoms with E-state index in [0.717, 1.165) is 23.7 Å². The maximum atomic E-state index is 12.4. The van der Waals surface area contributed by atoms with E-state index in [4.69, 9.17) is 11.6 Å². The van der Waals surface area contributed by atoms with Crippen LogP contribution in [0.15, 0.2) is 22.7 Å². The Morgan fingerprint density at radius 1 is 1.41 bits per heavy atom. The number of carbonyl (C=O) groups is 1. The lowest BCUT2D eigenvalue weighted by Crippen LogP contribution is -2.22. The van der Waals surface area contributed by atoms with Gasteiger partial charge in [-0.05, 0) is 37.0 Å². The van der Waals surface area contributed by atoms with Crippen molar-refractivity contribution in [2.24, 2.45) is 11.8 Å². The van der Waals surface area contributed by atoms with Crippen LogP contribution in [0.3, 0.4) is 0 Å². The lowest BCUT2D eigenvalue weighted by atomic mass is 9.79. The van der Waals surface area contributed by atoms with Crippen molar-refractivity contribution in [3.05, 3.63) is 33.3 Å². The van der Waals surface area contributed by atoms with Crippen LogP contribution in [-0.4, -0.2) is 5.78 Å². The number of hydrogen-bond donors (Lipinski definition) is 0. The largest absolute Gasteiger partial charge is 0.294 e. The van der Waals surface area contributed by atoms with Gasteiger partial charge in [-0.15, -0.1) is 0 Å². The van der Waals surface area contributed by atoms with Gasteiger partial charge < -0.3 is 0 Å². The van der Waals surface area contributed by atoms with Gasteiger partial charge in [0.05, 0.1) is 5.02 Å². The van der Waals surface area contributed by atoms with Crippen molar-refractivity contribution < 1.29 is 4.79 Å². The third-order valence-electron chi connectivity index (χ3n) is 3.50. The smallest absolute Gasteiger partial charge is 0.167 e. The summed E-state index contributed by atoms with van der Waals surface area (Å²) in [7, 11) is 0. The van der Waals surface area contributed by atoms with Crippen molar-refractivity contribution in [3.63, 3.8) is 0 Å². The molecule has 0 spiro atoms. The quantitative estimate of drug-likeness (QED) is 0.693. The van der Waals surface area contributed by atoms with Crippen molar-refractivity contribution >= 4 is 33.3 Å². The van der Waals surface area contributed by atoms with Crippen LogP contribution in [0.25, 0.3) is 0 Å². The number of carbonyl (C=O) groups excluding carboxylic acids is 1. The Morgan fingerprint density at radius 3 is 2.88 bits per heavy atom. The first kappa shape index (κ1) is 13.1. The summed E-state index contributed by atoms with van der Waals surface area (Å²) in [4.78, 5) is 12.4. The highest BCUT2D eigenvalue weighted by molar-refractivity contribution is 9.10. The van der Waals surface area contributed by atoms with Crippen LogP contribution in [0.4, 0.5) is 0 Å². The molecule has 1 aliphatic rings. The van der Waals surface area contributed by atoms with Gasteiger partial charge in [0.2, 0.25) is 0 Å². The zero-order chi connectivity index (χ0) is 12.4. The standard InChI is InChI=1S/C14H16BrClO/c1-9-3-2-4-10(7-9)14(17)12-8-11(15)5-6-13(12)16/h5-6,8-10H,2-4,7H2,1H3. The number of benzene rings is 1. The highest BCUT2D eigenvalue weighted by Crippen LogP contribution is 2.33. The molecule has 1 aromatic rings. The Hall–Kier alpha value is -0.340. The minimum atomic E-state index is 0.158. The van der Waals surface area contributed by atoms with E-state index in [2.05, 4.69) is 22.9 Å². The Morgan fingerprint density at radius 2 is 2.18 bits per heavy atom. The van der Waals surface area contributed by atoms with E-state index in [0.29, 0.717) is 16.5 Å². The summed E-state index contributed by atoms with van der Waals surface area (Å²) in [6, 6.07) is 5.48. The third-order valence-corrected chi connectivity index (χ3v) is 4.32. The molecule has 1 aliphatic carbocycles. The monoisotopic (exact) mass is 314 g/mol. The zero-order valence-corrected chi connectivity index (χ0v) is 12.2. The van der Waals surface area contributed by atoms with Gasteiger partial charge in [-0.3, -0.25) is 4.79 Å². The number of ketones is 1. The summed E-state index contributed by atoms with van der Waals surface area (Å²) < 4.78 is 0.911. The van der Waals surface area contributed by atoms with Gasteiger partial charge in [0.15, 0.2) is 5.78 Å². The lowest BCUT2D eigenvalue weighted by molar-refractivity contribution is 0.0868. The molecule has 2 unspecified atom stereocenters. The van der Waals surface area contributed by atoms with Crippen molar-refractivity contribution in [3.8, 4) is 0 Å².